The Balaban J connectivity index is -0.000000663. The van der Waals surface area contributed by atoms with Crippen LogP contribution in [0.1, 0.15) is 70.5 Å². The topological polar surface area (TPSA) is 35.0 Å². The van der Waals surface area contributed by atoms with E-state index < -0.39 is 0 Å². The summed E-state index contributed by atoms with van der Waals surface area (Å²) in [5.74, 6) is 0.794. The van der Waals surface area contributed by atoms with Gasteiger partial charge in [0.15, 0.2) is 0 Å². The standard InChI is InChI=1S/C15H20N2OS.C3H8.2C2H6/c1-6-8-14(9-7-10-19-18-5)15-12(3)11(2)13(4)16-17-15;1-3-2;2*1-2/h6-9H,1,10H2,2-5H3;3H2,1-2H3;2*1-2H3/b9-7-,14-8+;;;. The Morgan fingerprint density at radius 3 is 2.04 bits per heavy atom. The maximum absolute atomic E-state index is 4.95. The molecule has 0 spiro atoms. The summed E-state index contributed by atoms with van der Waals surface area (Å²) < 4.78 is 4.95. The molecule has 0 aromatic carbocycles. The minimum absolute atomic E-state index is 0.794. The quantitative estimate of drug-likeness (QED) is 0.295. The van der Waals surface area contributed by atoms with Crippen molar-refractivity contribution in [2.24, 2.45) is 0 Å². The first-order chi connectivity index (χ1) is 12.5. The first kappa shape index (κ1) is 29.4. The minimum atomic E-state index is 0.794. The fraction of sp³-hybridized carbons (Fsp3) is 0.545. The third-order valence-electron chi connectivity index (χ3n) is 2.91. The number of rotatable bonds is 6. The van der Waals surface area contributed by atoms with Crippen molar-refractivity contribution < 1.29 is 4.18 Å². The van der Waals surface area contributed by atoms with Crippen molar-refractivity contribution in [2.45, 2.75) is 68.7 Å². The van der Waals surface area contributed by atoms with Crippen molar-refractivity contribution in [2.75, 3.05) is 12.9 Å². The average molecular weight is 381 g/mol. The normalized spacial score (nSPS) is 10.0. The van der Waals surface area contributed by atoms with Crippen LogP contribution in [-0.2, 0) is 4.18 Å². The average Bonchev–Trinajstić information content (AvgIpc) is 2.67. The molecule has 1 heterocycles. The van der Waals surface area contributed by atoms with E-state index in [0.29, 0.717) is 0 Å². The van der Waals surface area contributed by atoms with E-state index in [4.69, 9.17) is 4.18 Å². The van der Waals surface area contributed by atoms with Crippen molar-refractivity contribution in [3.8, 4) is 0 Å². The van der Waals surface area contributed by atoms with Gasteiger partial charge in [-0.15, -0.1) is 5.10 Å². The van der Waals surface area contributed by atoms with Gasteiger partial charge in [-0.3, -0.25) is 0 Å². The molecule has 0 saturated carbocycles. The molecule has 0 aliphatic carbocycles. The molecule has 150 valence electrons. The molecule has 0 bridgehead atoms. The van der Waals surface area contributed by atoms with Gasteiger partial charge in [0.25, 0.3) is 0 Å². The summed E-state index contributed by atoms with van der Waals surface area (Å²) in [6, 6.07) is 0. The highest BCUT2D eigenvalue weighted by atomic mass is 32.2. The fourth-order valence-corrected chi connectivity index (χ4v) is 1.93. The number of hydrogen-bond donors (Lipinski definition) is 0. The Morgan fingerprint density at radius 1 is 1.04 bits per heavy atom. The molecule has 0 N–H and O–H groups in total. The highest BCUT2D eigenvalue weighted by Gasteiger charge is 2.09. The predicted octanol–water partition coefficient (Wildman–Crippen LogP) is 7.29. The lowest BCUT2D eigenvalue weighted by Crippen LogP contribution is -2.01. The molecular formula is C22H40N2OS. The van der Waals surface area contributed by atoms with Crippen LogP contribution in [0.5, 0.6) is 0 Å². The van der Waals surface area contributed by atoms with Crippen molar-refractivity contribution in [1.29, 1.82) is 0 Å². The van der Waals surface area contributed by atoms with E-state index in [0.717, 1.165) is 28.3 Å². The van der Waals surface area contributed by atoms with Gasteiger partial charge in [0.1, 0.15) is 0 Å². The van der Waals surface area contributed by atoms with Gasteiger partial charge in [-0.25, -0.2) is 0 Å². The summed E-state index contributed by atoms with van der Waals surface area (Å²) in [7, 11) is 1.66. The zero-order chi connectivity index (χ0) is 21.0. The van der Waals surface area contributed by atoms with Crippen LogP contribution in [0.2, 0.25) is 0 Å². The molecule has 0 aliphatic rings. The fourth-order valence-electron chi connectivity index (χ4n) is 1.62. The zero-order valence-electron chi connectivity index (χ0n) is 18.6. The first-order valence-electron chi connectivity index (χ1n) is 9.49. The Bertz CT molecular complexity index is 523. The van der Waals surface area contributed by atoms with Gasteiger partial charge in [0, 0.05) is 11.3 Å². The number of nitrogens with zero attached hydrogens (tertiary/aromatic N) is 2. The molecule has 4 heteroatoms. The Labute approximate surface area is 167 Å². The summed E-state index contributed by atoms with van der Waals surface area (Å²) in [4.78, 5) is 0. The van der Waals surface area contributed by atoms with Crippen molar-refractivity contribution in [3.05, 3.63) is 53.4 Å². The number of hydrogen-bond acceptors (Lipinski definition) is 4. The van der Waals surface area contributed by atoms with Gasteiger partial charge < -0.3 is 4.18 Å². The van der Waals surface area contributed by atoms with Crippen LogP contribution in [-0.4, -0.2) is 23.1 Å². The third-order valence-corrected chi connectivity index (χ3v) is 3.48. The van der Waals surface area contributed by atoms with Crippen molar-refractivity contribution in [3.63, 3.8) is 0 Å². The minimum Gasteiger partial charge on any atom is -0.318 e. The maximum Gasteiger partial charge on any atom is 0.0961 e. The van der Waals surface area contributed by atoms with Crippen LogP contribution in [0.4, 0.5) is 0 Å². The van der Waals surface area contributed by atoms with E-state index in [-0.39, 0.29) is 0 Å². The maximum atomic E-state index is 4.95. The van der Waals surface area contributed by atoms with Gasteiger partial charge in [0.05, 0.1) is 18.5 Å². The van der Waals surface area contributed by atoms with E-state index in [2.05, 4.69) is 44.5 Å². The summed E-state index contributed by atoms with van der Waals surface area (Å²) in [6.45, 7) is 22.1. The zero-order valence-corrected chi connectivity index (χ0v) is 19.5. The van der Waals surface area contributed by atoms with Gasteiger partial charge in [-0.1, -0.05) is 78.8 Å². The lowest BCUT2D eigenvalue weighted by molar-refractivity contribution is 0.491. The van der Waals surface area contributed by atoms with E-state index in [1.54, 1.807) is 13.2 Å². The molecule has 0 radical (unpaired) electrons. The Hall–Kier alpha value is -1.39. The molecule has 0 fully saturated rings. The van der Waals surface area contributed by atoms with Crippen LogP contribution >= 0.6 is 12.0 Å². The van der Waals surface area contributed by atoms with Gasteiger partial charge >= 0.3 is 0 Å². The monoisotopic (exact) mass is 380 g/mol. The highest BCUT2D eigenvalue weighted by molar-refractivity contribution is 7.94. The second-order valence-corrected chi connectivity index (χ2v) is 5.70. The molecular weight excluding hydrogens is 340 g/mol. The predicted molar refractivity (Wildman–Crippen MR) is 122 cm³/mol. The number of aromatic nitrogens is 2. The molecule has 0 atom stereocenters. The van der Waals surface area contributed by atoms with Gasteiger partial charge in [0.2, 0.25) is 0 Å². The second kappa shape index (κ2) is 21.7. The van der Waals surface area contributed by atoms with Crippen molar-refractivity contribution >= 4 is 17.6 Å². The van der Waals surface area contributed by atoms with Crippen LogP contribution in [0.3, 0.4) is 0 Å². The number of aryl methyl sites for hydroxylation is 1. The van der Waals surface area contributed by atoms with Crippen LogP contribution in [0, 0.1) is 20.8 Å². The molecule has 1 aromatic rings. The Kier molecular flexibility index (Phi) is 24.5. The molecule has 0 aliphatic heterocycles. The Morgan fingerprint density at radius 2 is 1.58 bits per heavy atom. The van der Waals surface area contributed by atoms with E-state index >= 15 is 0 Å². The van der Waals surface area contributed by atoms with Gasteiger partial charge in [-0.2, -0.15) is 5.10 Å². The largest absolute Gasteiger partial charge is 0.318 e. The van der Waals surface area contributed by atoms with Crippen molar-refractivity contribution in [1.82, 2.24) is 10.2 Å². The molecule has 1 aromatic heterocycles. The van der Waals surface area contributed by atoms with E-state index in [9.17, 15) is 0 Å². The van der Waals surface area contributed by atoms with E-state index in [1.807, 2.05) is 52.8 Å². The smallest absolute Gasteiger partial charge is 0.0961 e. The summed E-state index contributed by atoms with van der Waals surface area (Å²) in [5.41, 5.74) is 5.23. The highest BCUT2D eigenvalue weighted by Crippen LogP contribution is 2.21. The molecule has 3 nitrogen and oxygen atoms in total. The summed E-state index contributed by atoms with van der Waals surface area (Å²) in [6.07, 6.45) is 9.03. The molecule has 0 unspecified atom stereocenters. The lowest BCUT2D eigenvalue weighted by atomic mass is 10.0. The van der Waals surface area contributed by atoms with Crippen LogP contribution in [0.25, 0.3) is 5.57 Å². The third kappa shape index (κ3) is 12.9. The molecule has 26 heavy (non-hydrogen) atoms. The molecule has 0 amide bonds. The van der Waals surface area contributed by atoms with Crippen LogP contribution in [0.15, 0.2) is 30.9 Å². The second-order valence-electron chi connectivity index (χ2n) is 4.80. The SMILES string of the molecule is C=C/C=C(\C=C/CSOC)c1nnc(C)c(C)c1C.CC.CC.CCC. The summed E-state index contributed by atoms with van der Waals surface area (Å²) >= 11 is 1.40. The first-order valence-corrected chi connectivity index (χ1v) is 10.4. The molecule has 0 saturated heterocycles. The summed E-state index contributed by atoms with van der Waals surface area (Å²) in [5, 5.41) is 8.50. The number of allylic oxidation sites excluding steroid dienone is 4. The molecule has 1 rings (SSSR count). The lowest BCUT2D eigenvalue weighted by Gasteiger charge is -2.09. The van der Waals surface area contributed by atoms with E-state index in [1.165, 1.54) is 24.0 Å². The van der Waals surface area contributed by atoms with Gasteiger partial charge in [-0.05, 0) is 43.9 Å². The van der Waals surface area contributed by atoms with Crippen LogP contribution < -0.4 is 0 Å².